The minimum Gasteiger partial charge on any atom is -0.390 e. The molecule has 18 heavy (non-hydrogen) atoms. The highest BCUT2D eigenvalue weighted by atomic mass is 19.1. The van der Waals surface area contributed by atoms with E-state index in [-0.39, 0.29) is 11.9 Å². The third-order valence-corrected chi connectivity index (χ3v) is 3.11. The van der Waals surface area contributed by atoms with Crippen LogP contribution in [0.5, 0.6) is 0 Å². The number of nitrogens with one attached hydrogen (secondary N) is 1. The maximum absolute atomic E-state index is 12.8. The number of hydrogen-bond acceptors (Lipinski definition) is 3. The van der Waals surface area contributed by atoms with E-state index < -0.39 is 0 Å². The summed E-state index contributed by atoms with van der Waals surface area (Å²) in [5.74, 6) is -0.213. The van der Waals surface area contributed by atoms with Crippen LogP contribution < -0.4 is 5.32 Å². The van der Waals surface area contributed by atoms with Crippen molar-refractivity contribution >= 4 is 0 Å². The zero-order chi connectivity index (χ0) is 13.0. The molecule has 1 aromatic carbocycles. The molecule has 0 spiro atoms. The molecule has 1 aliphatic rings. The Morgan fingerprint density at radius 3 is 2.67 bits per heavy atom. The number of nitrogens with zero attached hydrogens (tertiary/aromatic N) is 1. The van der Waals surface area contributed by atoms with E-state index in [4.69, 9.17) is 0 Å². The minimum atomic E-state index is -0.351. The van der Waals surface area contributed by atoms with Crippen molar-refractivity contribution in [3.05, 3.63) is 35.6 Å². The lowest BCUT2D eigenvalue weighted by atomic mass is 10.2. The van der Waals surface area contributed by atoms with Crippen molar-refractivity contribution in [3.63, 3.8) is 0 Å². The highest BCUT2D eigenvalue weighted by Gasteiger charge is 2.21. The van der Waals surface area contributed by atoms with Crippen LogP contribution >= 0.6 is 0 Å². The summed E-state index contributed by atoms with van der Waals surface area (Å²) in [4.78, 5) is 2.05. The molecule has 0 radical (unpaired) electrons. The van der Waals surface area contributed by atoms with Crippen LogP contribution in [0, 0.1) is 5.82 Å². The highest BCUT2D eigenvalue weighted by Crippen LogP contribution is 2.18. The van der Waals surface area contributed by atoms with Gasteiger partial charge in [0.2, 0.25) is 0 Å². The van der Waals surface area contributed by atoms with E-state index in [0.717, 1.165) is 12.1 Å². The van der Waals surface area contributed by atoms with E-state index in [0.29, 0.717) is 19.1 Å². The van der Waals surface area contributed by atoms with Gasteiger partial charge in [-0.05, 0) is 37.6 Å². The first-order valence-corrected chi connectivity index (χ1v) is 6.48. The van der Waals surface area contributed by atoms with E-state index >= 15 is 0 Å². The first kappa shape index (κ1) is 13.5. The number of rotatable bonds is 7. The molecule has 2 N–H and O–H groups in total. The molecule has 1 saturated carbocycles. The average Bonchev–Trinajstić information content (AvgIpc) is 3.13. The molecular formula is C14H21FN2O. The second kappa shape index (κ2) is 6.27. The molecule has 1 fully saturated rings. The molecule has 0 saturated heterocycles. The van der Waals surface area contributed by atoms with Gasteiger partial charge >= 0.3 is 0 Å². The van der Waals surface area contributed by atoms with Crippen LogP contribution in [0.3, 0.4) is 0 Å². The fraction of sp³-hybridized carbons (Fsp3) is 0.571. The second-order valence-electron chi connectivity index (χ2n) is 5.16. The summed E-state index contributed by atoms with van der Waals surface area (Å²) in [6, 6.07) is 7.12. The van der Waals surface area contributed by atoms with Crippen LogP contribution in [0.4, 0.5) is 4.39 Å². The largest absolute Gasteiger partial charge is 0.390 e. The molecule has 2 rings (SSSR count). The quantitative estimate of drug-likeness (QED) is 0.769. The zero-order valence-electron chi connectivity index (χ0n) is 10.8. The predicted molar refractivity (Wildman–Crippen MR) is 69.8 cm³/mol. The van der Waals surface area contributed by atoms with Gasteiger partial charge < -0.3 is 10.4 Å². The first-order chi connectivity index (χ1) is 8.63. The molecular weight excluding hydrogens is 231 g/mol. The summed E-state index contributed by atoms with van der Waals surface area (Å²) in [6.45, 7) is 2.00. The van der Waals surface area contributed by atoms with Gasteiger partial charge in [0.05, 0.1) is 6.10 Å². The van der Waals surface area contributed by atoms with Crippen LogP contribution in [-0.4, -0.2) is 42.3 Å². The fourth-order valence-corrected chi connectivity index (χ4v) is 1.98. The van der Waals surface area contributed by atoms with Crippen molar-refractivity contribution in [2.75, 3.05) is 20.1 Å². The topological polar surface area (TPSA) is 35.5 Å². The normalized spacial score (nSPS) is 17.1. The SMILES string of the molecule is CN(Cc1ccc(F)cc1)CC(O)CNC1CC1. The van der Waals surface area contributed by atoms with E-state index in [1.807, 2.05) is 11.9 Å². The number of aliphatic hydroxyl groups excluding tert-OH is 1. The van der Waals surface area contributed by atoms with Crippen LogP contribution in [0.15, 0.2) is 24.3 Å². The second-order valence-corrected chi connectivity index (χ2v) is 5.16. The van der Waals surface area contributed by atoms with E-state index in [1.54, 1.807) is 12.1 Å². The van der Waals surface area contributed by atoms with Gasteiger partial charge in [0.15, 0.2) is 0 Å². The molecule has 1 aromatic rings. The van der Waals surface area contributed by atoms with Gasteiger partial charge in [0, 0.05) is 25.7 Å². The number of halogens is 1. The predicted octanol–water partition coefficient (Wildman–Crippen LogP) is 1.37. The highest BCUT2D eigenvalue weighted by molar-refractivity contribution is 5.15. The van der Waals surface area contributed by atoms with Gasteiger partial charge in [-0.15, -0.1) is 0 Å². The van der Waals surface area contributed by atoms with E-state index in [2.05, 4.69) is 5.32 Å². The van der Waals surface area contributed by atoms with Crippen LogP contribution in [0.25, 0.3) is 0 Å². The summed E-state index contributed by atoms with van der Waals surface area (Å²) in [7, 11) is 1.96. The molecule has 100 valence electrons. The summed E-state index contributed by atoms with van der Waals surface area (Å²) in [5, 5.41) is 13.2. The van der Waals surface area contributed by atoms with Crippen molar-refractivity contribution in [1.29, 1.82) is 0 Å². The summed E-state index contributed by atoms with van der Waals surface area (Å²) in [6.07, 6.45) is 2.12. The van der Waals surface area contributed by atoms with Crippen molar-refractivity contribution in [2.45, 2.75) is 31.5 Å². The van der Waals surface area contributed by atoms with Crippen molar-refractivity contribution < 1.29 is 9.50 Å². The molecule has 1 aliphatic carbocycles. The molecule has 0 aliphatic heterocycles. The molecule has 4 heteroatoms. The van der Waals surface area contributed by atoms with E-state index in [9.17, 15) is 9.50 Å². The maximum atomic E-state index is 12.8. The van der Waals surface area contributed by atoms with Crippen molar-refractivity contribution in [2.24, 2.45) is 0 Å². The summed E-state index contributed by atoms with van der Waals surface area (Å²) in [5.41, 5.74) is 1.06. The fourth-order valence-electron chi connectivity index (χ4n) is 1.98. The van der Waals surface area contributed by atoms with Crippen molar-refractivity contribution in [1.82, 2.24) is 10.2 Å². The van der Waals surface area contributed by atoms with Crippen LogP contribution in [0.1, 0.15) is 18.4 Å². The molecule has 1 atom stereocenters. The van der Waals surface area contributed by atoms with Crippen LogP contribution in [-0.2, 0) is 6.54 Å². The summed E-state index contributed by atoms with van der Waals surface area (Å²) < 4.78 is 12.8. The number of aliphatic hydroxyl groups is 1. The van der Waals surface area contributed by atoms with Crippen LogP contribution in [0.2, 0.25) is 0 Å². The smallest absolute Gasteiger partial charge is 0.123 e. The Labute approximate surface area is 108 Å². The Balaban J connectivity index is 1.69. The lowest BCUT2D eigenvalue weighted by Crippen LogP contribution is -2.37. The first-order valence-electron chi connectivity index (χ1n) is 6.48. The molecule has 1 unspecified atom stereocenters. The van der Waals surface area contributed by atoms with Gasteiger partial charge in [0.25, 0.3) is 0 Å². The molecule has 0 bridgehead atoms. The van der Waals surface area contributed by atoms with Gasteiger partial charge in [-0.1, -0.05) is 12.1 Å². The molecule has 0 amide bonds. The van der Waals surface area contributed by atoms with Crippen molar-refractivity contribution in [3.8, 4) is 0 Å². The Morgan fingerprint density at radius 2 is 2.06 bits per heavy atom. The zero-order valence-corrected chi connectivity index (χ0v) is 10.8. The Morgan fingerprint density at radius 1 is 1.39 bits per heavy atom. The molecule has 3 nitrogen and oxygen atoms in total. The third kappa shape index (κ3) is 4.72. The summed E-state index contributed by atoms with van der Waals surface area (Å²) >= 11 is 0. The van der Waals surface area contributed by atoms with Gasteiger partial charge in [0.1, 0.15) is 5.82 Å². The Bertz CT molecular complexity index is 365. The van der Waals surface area contributed by atoms with Gasteiger partial charge in [-0.3, -0.25) is 4.90 Å². The lowest BCUT2D eigenvalue weighted by molar-refractivity contribution is 0.121. The number of likely N-dealkylation sites (N-methyl/N-ethyl adjacent to an activating group) is 1. The lowest BCUT2D eigenvalue weighted by Gasteiger charge is -2.21. The standard InChI is InChI=1S/C14H21FN2O/c1-17(9-11-2-4-12(15)5-3-11)10-14(18)8-16-13-6-7-13/h2-5,13-14,16,18H,6-10H2,1H3. The van der Waals surface area contributed by atoms with Gasteiger partial charge in [-0.25, -0.2) is 4.39 Å². The Kier molecular flexibility index (Phi) is 4.69. The maximum Gasteiger partial charge on any atom is 0.123 e. The Hall–Kier alpha value is -0.970. The van der Waals surface area contributed by atoms with Gasteiger partial charge in [-0.2, -0.15) is 0 Å². The molecule has 0 aromatic heterocycles. The van der Waals surface area contributed by atoms with E-state index in [1.165, 1.54) is 25.0 Å². The molecule has 0 heterocycles. The number of hydrogen-bond donors (Lipinski definition) is 2. The third-order valence-electron chi connectivity index (χ3n) is 3.11. The average molecular weight is 252 g/mol. The number of benzene rings is 1. The monoisotopic (exact) mass is 252 g/mol. The minimum absolute atomic E-state index is 0.213.